The smallest absolute Gasteiger partial charge is 0.374 e. The molecule has 0 bridgehead atoms. The van der Waals surface area contributed by atoms with Gasteiger partial charge in [0.15, 0.2) is 5.82 Å². The standard InChI is InChI=1S/C22H24N4O6S/c1-2-31-22(28)18-8-9-20(32-18)33(29,30)25-13-10-16(11-14-25)21(27)23-19-12-15-26(24-19)17-6-4-3-5-7-17/h3-9,12,15-16H,2,10-11,13-14H2,1H3,(H,23,24,27). The Morgan fingerprint density at radius 3 is 2.55 bits per heavy atom. The van der Waals surface area contributed by atoms with Crippen LogP contribution in [0.2, 0.25) is 0 Å². The molecular formula is C22H24N4O6S. The molecule has 0 unspecified atom stereocenters. The molecule has 0 atom stereocenters. The number of nitrogens with one attached hydrogen (secondary N) is 1. The minimum atomic E-state index is -3.91. The van der Waals surface area contributed by atoms with E-state index in [9.17, 15) is 18.0 Å². The van der Waals surface area contributed by atoms with E-state index >= 15 is 0 Å². The number of aromatic nitrogens is 2. The van der Waals surface area contributed by atoms with Crippen LogP contribution in [-0.4, -0.2) is 54.1 Å². The predicted octanol–water partition coefficient (Wildman–Crippen LogP) is 2.68. The van der Waals surface area contributed by atoms with Gasteiger partial charge >= 0.3 is 5.97 Å². The number of benzene rings is 1. The van der Waals surface area contributed by atoms with E-state index in [1.165, 1.54) is 16.4 Å². The maximum Gasteiger partial charge on any atom is 0.374 e. The number of sulfonamides is 1. The number of nitrogens with zero attached hydrogens (tertiary/aromatic N) is 3. The molecule has 2 aromatic heterocycles. The second kappa shape index (κ2) is 9.59. The van der Waals surface area contributed by atoms with Gasteiger partial charge in [0.2, 0.25) is 16.8 Å². The maximum absolute atomic E-state index is 12.9. The number of piperidine rings is 1. The highest BCUT2D eigenvalue weighted by Crippen LogP contribution is 2.26. The Balaban J connectivity index is 1.34. The summed E-state index contributed by atoms with van der Waals surface area (Å²) in [5, 5.41) is 6.85. The van der Waals surface area contributed by atoms with Crippen molar-refractivity contribution in [2.75, 3.05) is 25.0 Å². The van der Waals surface area contributed by atoms with Crippen molar-refractivity contribution in [2.45, 2.75) is 24.9 Å². The molecular weight excluding hydrogens is 448 g/mol. The van der Waals surface area contributed by atoms with Gasteiger partial charge < -0.3 is 14.5 Å². The minimum Gasteiger partial charge on any atom is -0.460 e. The summed E-state index contributed by atoms with van der Waals surface area (Å²) in [5.74, 6) is -0.998. The summed E-state index contributed by atoms with van der Waals surface area (Å²) in [7, 11) is -3.91. The molecule has 10 nitrogen and oxygen atoms in total. The van der Waals surface area contributed by atoms with Gasteiger partial charge in [0.25, 0.3) is 10.0 Å². The van der Waals surface area contributed by atoms with Crippen LogP contribution in [0.25, 0.3) is 5.69 Å². The number of rotatable bonds is 7. The Morgan fingerprint density at radius 2 is 1.85 bits per heavy atom. The van der Waals surface area contributed by atoms with E-state index < -0.39 is 16.0 Å². The topological polar surface area (TPSA) is 124 Å². The Bertz CT molecular complexity index is 1230. The SMILES string of the molecule is CCOC(=O)c1ccc(S(=O)(=O)N2CCC(C(=O)Nc3ccn(-c4ccccc4)n3)CC2)o1. The first-order valence-corrected chi connectivity index (χ1v) is 12.0. The first kappa shape index (κ1) is 22.7. The fourth-order valence-electron chi connectivity index (χ4n) is 3.60. The lowest BCUT2D eigenvalue weighted by Crippen LogP contribution is -2.41. The van der Waals surface area contributed by atoms with Gasteiger partial charge in [0, 0.05) is 31.3 Å². The maximum atomic E-state index is 12.9. The highest BCUT2D eigenvalue weighted by Gasteiger charge is 2.34. The zero-order valence-electron chi connectivity index (χ0n) is 18.0. The van der Waals surface area contributed by atoms with E-state index in [4.69, 9.17) is 9.15 Å². The molecule has 174 valence electrons. The van der Waals surface area contributed by atoms with Crippen LogP contribution in [0.5, 0.6) is 0 Å². The second-order valence-electron chi connectivity index (χ2n) is 7.49. The summed E-state index contributed by atoms with van der Waals surface area (Å²) in [4.78, 5) is 24.4. The average molecular weight is 473 g/mol. The van der Waals surface area contributed by atoms with Crippen LogP contribution >= 0.6 is 0 Å². The molecule has 1 aliphatic rings. The molecule has 33 heavy (non-hydrogen) atoms. The number of hydrogen-bond donors (Lipinski definition) is 1. The third kappa shape index (κ3) is 4.99. The van der Waals surface area contributed by atoms with Crippen molar-refractivity contribution in [1.82, 2.24) is 14.1 Å². The second-order valence-corrected chi connectivity index (χ2v) is 9.36. The van der Waals surface area contributed by atoms with Gasteiger partial charge in [-0.15, -0.1) is 0 Å². The van der Waals surface area contributed by atoms with Crippen molar-refractivity contribution in [3.63, 3.8) is 0 Å². The molecule has 1 saturated heterocycles. The third-order valence-corrected chi connectivity index (χ3v) is 7.11. The number of carbonyl (C=O) groups is 2. The first-order valence-electron chi connectivity index (χ1n) is 10.6. The summed E-state index contributed by atoms with van der Waals surface area (Å²) in [6.07, 6.45) is 2.47. The van der Waals surface area contributed by atoms with E-state index in [0.717, 1.165) is 5.69 Å². The van der Waals surface area contributed by atoms with Crippen LogP contribution in [-0.2, 0) is 19.6 Å². The van der Waals surface area contributed by atoms with Crippen molar-refractivity contribution in [1.29, 1.82) is 0 Å². The molecule has 11 heteroatoms. The number of furan rings is 1. The zero-order chi connectivity index (χ0) is 23.4. The molecule has 3 heterocycles. The lowest BCUT2D eigenvalue weighted by Gasteiger charge is -2.29. The van der Waals surface area contributed by atoms with E-state index in [-0.39, 0.29) is 42.4 Å². The van der Waals surface area contributed by atoms with Crippen LogP contribution < -0.4 is 5.32 Å². The molecule has 1 amide bonds. The predicted molar refractivity (Wildman–Crippen MR) is 118 cm³/mol. The average Bonchev–Trinajstić information content (AvgIpc) is 3.51. The highest BCUT2D eigenvalue weighted by molar-refractivity contribution is 7.89. The van der Waals surface area contributed by atoms with Crippen LogP contribution in [0.4, 0.5) is 5.82 Å². The fraction of sp³-hybridized carbons (Fsp3) is 0.318. The van der Waals surface area contributed by atoms with E-state index in [1.807, 2.05) is 30.3 Å². The number of hydrogen-bond acceptors (Lipinski definition) is 7. The molecule has 1 N–H and O–H groups in total. The summed E-state index contributed by atoms with van der Waals surface area (Å²) >= 11 is 0. The molecule has 1 aliphatic heterocycles. The Morgan fingerprint density at radius 1 is 1.12 bits per heavy atom. The Hall–Kier alpha value is -3.44. The van der Waals surface area contributed by atoms with Crippen molar-refractivity contribution in [3.05, 3.63) is 60.5 Å². The first-order chi connectivity index (χ1) is 15.9. The largest absolute Gasteiger partial charge is 0.460 e. The quantitative estimate of drug-likeness (QED) is 0.524. The van der Waals surface area contributed by atoms with Crippen molar-refractivity contribution in [2.24, 2.45) is 5.92 Å². The molecule has 0 spiro atoms. The number of anilines is 1. The summed E-state index contributed by atoms with van der Waals surface area (Å²) < 4.78 is 38.7. The van der Waals surface area contributed by atoms with Gasteiger partial charge in [0.1, 0.15) is 0 Å². The van der Waals surface area contributed by atoms with E-state index in [2.05, 4.69) is 10.4 Å². The molecule has 1 fully saturated rings. The summed E-state index contributed by atoms with van der Waals surface area (Å²) in [6.45, 7) is 2.13. The lowest BCUT2D eigenvalue weighted by molar-refractivity contribution is -0.120. The fourth-order valence-corrected chi connectivity index (χ4v) is 4.98. The van der Waals surface area contributed by atoms with Crippen molar-refractivity contribution >= 4 is 27.7 Å². The highest BCUT2D eigenvalue weighted by atomic mass is 32.2. The van der Waals surface area contributed by atoms with Crippen LogP contribution in [0.15, 0.2) is 64.2 Å². The van der Waals surface area contributed by atoms with Crippen LogP contribution in [0, 0.1) is 5.92 Å². The summed E-state index contributed by atoms with van der Waals surface area (Å²) in [6, 6.07) is 13.8. The van der Waals surface area contributed by atoms with Crippen molar-refractivity contribution in [3.8, 4) is 5.69 Å². The molecule has 1 aromatic carbocycles. The Kier molecular flexibility index (Phi) is 6.61. The lowest BCUT2D eigenvalue weighted by atomic mass is 9.97. The Labute approximate surface area is 191 Å². The number of amides is 1. The van der Waals surface area contributed by atoms with Gasteiger partial charge in [-0.25, -0.2) is 17.9 Å². The van der Waals surface area contributed by atoms with E-state index in [0.29, 0.717) is 18.7 Å². The zero-order valence-corrected chi connectivity index (χ0v) is 18.8. The van der Waals surface area contributed by atoms with Gasteiger partial charge in [-0.1, -0.05) is 18.2 Å². The van der Waals surface area contributed by atoms with Crippen molar-refractivity contribution < 1.29 is 27.2 Å². The molecule has 0 saturated carbocycles. The van der Waals surface area contributed by atoms with E-state index in [1.54, 1.807) is 23.9 Å². The molecule has 4 rings (SSSR count). The van der Waals surface area contributed by atoms with Crippen LogP contribution in [0.1, 0.15) is 30.3 Å². The van der Waals surface area contributed by atoms with Gasteiger partial charge in [-0.05, 0) is 44.0 Å². The summed E-state index contributed by atoms with van der Waals surface area (Å²) in [5.41, 5.74) is 0.876. The van der Waals surface area contributed by atoms with Gasteiger partial charge in [0.05, 0.1) is 12.3 Å². The molecule has 0 aliphatic carbocycles. The normalized spacial score (nSPS) is 15.3. The van der Waals surface area contributed by atoms with Gasteiger partial charge in [-0.3, -0.25) is 4.79 Å². The number of ether oxygens (including phenoxy) is 1. The number of esters is 1. The minimum absolute atomic E-state index is 0.156. The monoisotopic (exact) mass is 472 g/mol. The third-order valence-electron chi connectivity index (χ3n) is 5.34. The molecule has 0 radical (unpaired) electrons. The molecule has 3 aromatic rings. The number of carbonyl (C=O) groups excluding carboxylic acids is 2. The van der Waals surface area contributed by atoms with Gasteiger partial charge in [-0.2, -0.15) is 9.40 Å². The van der Waals surface area contributed by atoms with Crippen LogP contribution in [0.3, 0.4) is 0 Å². The number of para-hydroxylation sites is 1.